The minimum Gasteiger partial charge on any atom is -0.497 e. The van der Waals surface area contributed by atoms with Crippen LogP contribution < -0.4 is 19.7 Å². The van der Waals surface area contributed by atoms with Crippen LogP contribution in [-0.4, -0.2) is 45.8 Å². The van der Waals surface area contributed by atoms with E-state index in [0.717, 1.165) is 31.1 Å². The first-order chi connectivity index (χ1) is 8.78. The highest BCUT2D eigenvalue weighted by molar-refractivity contribution is 5.77. The predicted octanol–water partition coefficient (Wildman–Crippen LogP) is -0.911. The van der Waals surface area contributed by atoms with Crippen LogP contribution in [0.5, 0.6) is 11.5 Å². The smallest absolute Gasteiger partial charge is 0.275 e. The van der Waals surface area contributed by atoms with Gasteiger partial charge >= 0.3 is 0 Å². The van der Waals surface area contributed by atoms with E-state index >= 15 is 0 Å². The van der Waals surface area contributed by atoms with Crippen molar-refractivity contribution in [3.8, 4) is 11.5 Å². The zero-order valence-electron chi connectivity index (χ0n) is 10.6. The first-order valence-corrected chi connectivity index (χ1v) is 6.15. The number of rotatable bonds is 5. The topological polar surface area (TPSA) is 52.0 Å². The molecule has 98 valence electrons. The Balaban J connectivity index is 1.72. The van der Waals surface area contributed by atoms with Gasteiger partial charge in [0, 0.05) is 0 Å². The van der Waals surface area contributed by atoms with Gasteiger partial charge < -0.3 is 19.7 Å². The lowest BCUT2D eigenvalue weighted by molar-refractivity contribution is -0.893. The zero-order chi connectivity index (χ0) is 12.8. The summed E-state index contributed by atoms with van der Waals surface area (Å²) in [5.41, 5.74) is 0. The maximum absolute atomic E-state index is 11.2. The van der Waals surface area contributed by atoms with E-state index in [4.69, 9.17) is 9.47 Å². The van der Waals surface area contributed by atoms with E-state index in [1.54, 1.807) is 7.11 Å². The van der Waals surface area contributed by atoms with E-state index in [1.807, 2.05) is 24.3 Å². The molecular formula is C13H19N2O3+. The zero-order valence-corrected chi connectivity index (χ0v) is 10.6. The molecule has 1 aliphatic heterocycles. The summed E-state index contributed by atoms with van der Waals surface area (Å²) in [5.74, 6) is 1.78. The Bertz CT molecular complexity index is 392. The van der Waals surface area contributed by atoms with Gasteiger partial charge in [-0.3, -0.25) is 4.79 Å². The van der Waals surface area contributed by atoms with Crippen molar-refractivity contribution in [2.24, 2.45) is 0 Å². The van der Waals surface area contributed by atoms with Crippen LogP contribution in [0.15, 0.2) is 24.3 Å². The van der Waals surface area contributed by atoms with Crippen LogP contribution in [-0.2, 0) is 4.79 Å². The van der Waals surface area contributed by atoms with Crippen LogP contribution in [0.25, 0.3) is 0 Å². The molecule has 1 saturated heterocycles. The number of quaternary nitrogens is 1. The van der Waals surface area contributed by atoms with Gasteiger partial charge in [-0.05, 0) is 24.3 Å². The number of ether oxygens (including phenoxy) is 2. The van der Waals surface area contributed by atoms with Crippen LogP contribution in [0.3, 0.4) is 0 Å². The highest BCUT2D eigenvalue weighted by Crippen LogP contribution is 2.16. The van der Waals surface area contributed by atoms with Gasteiger partial charge in [-0.15, -0.1) is 0 Å². The summed E-state index contributed by atoms with van der Waals surface area (Å²) in [4.78, 5) is 12.5. The third-order valence-electron chi connectivity index (χ3n) is 3.00. The van der Waals surface area contributed by atoms with Crippen LogP contribution in [0, 0.1) is 0 Å². The number of carbonyl (C=O) groups is 1. The van der Waals surface area contributed by atoms with E-state index < -0.39 is 0 Å². The number of nitrogens with one attached hydrogen (secondary N) is 2. The Morgan fingerprint density at radius 2 is 2.00 bits per heavy atom. The number of benzene rings is 1. The standard InChI is InChI=1S/C13H18N2O3/c1-17-11-2-4-12(5-3-11)18-9-8-15-7-6-14-13(16)10-15/h2-5H,6-10H2,1H3,(H,14,16)/p+1. The quantitative estimate of drug-likeness (QED) is 0.712. The molecule has 1 unspecified atom stereocenters. The third kappa shape index (κ3) is 3.63. The molecule has 5 nitrogen and oxygen atoms in total. The van der Waals surface area contributed by atoms with Crippen molar-refractivity contribution in [3.05, 3.63) is 24.3 Å². The van der Waals surface area contributed by atoms with Crippen molar-refractivity contribution in [1.29, 1.82) is 0 Å². The Hall–Kier alpha value is -1.75. The molecule has 1 aromatic rings. The second kappa shape index (κ2) is 6.26. The van der Waals surface area contributed by atoms with E-state index in [9.17, 15) is 4.79 Å². The minimum absolute atomic E-state index is 0.126. The number of amides is 1. The number of piperazine rings is 1. The van der Waals surface area contributed by atoms with Gasteiger partial charge in [0.2, 0.25) is 0 Å². The summed E-state index contributed by atoms with van der Waals surface area (Å²) in [6.07, 6.45) is 0. The van der Waals surface area contributed by atoms with Crippen molar-refractivity contribution >= 4 is 5.91 Å². The highest BCUT2D eigenvalue weighted by atomic mass is 16.5. The number of hydrogen-bond donors (Lipinski definition) is 2. The summed E-state index contributed by atoms with van der Waals surface area (Å²) >= 11 is 0. The van der Waals surface area contributed by atoms with E-state index in [0.29, 0.717) is 13.2 Å². The largest absolute Gasteiger partial charge is 0.497 e. The fraction of sp³-hybridized carbons (Fsp3) is 0.462. The van der Waals surface area contributed by atoms with Crippen molar-refractivity contribution in [1.82, 2.24) is 5.32 Å². The maximum Gasteiger partial charge on any atom is 0.275 e. The third-order valence-corrected chi connectivity index (χ3v) is 3.00. The van der Waals surface area contributed by atoms with Crippen LogP contribution in [0.1, 0.15) is 0 Å². The highest BCUT2D eigenvalue weighted by Gasteiger charge is 2.18. The lowest BCUT2D eigenvalue weighted by atomic mass is 10.3. The fourth-order valence-corrected chi connectivity index (χ4v) is 1.96. The molecule has 1 aromatic carbocycles. The Kier molecular flexibility index (Phi) is 4.41. The van der Waals surface area contributed by atoms with Crippen LogP contribution >= 0.6 is 0 Å². The summed E-state index contributed by atoms with van der Waals surface area (Å²) in [5, 5.41) is 2.82. The lowest BCUT2D eigenvalue weighted by Crippen LogP contribution is -3.15. The number of methoxy groups -OCH3 is 1. The molecule has 1 atom stereocenters. The van der Waals surface area contributed by atoms with Gasteiger partial charge in [-0.25, -0.2) is 0 Å². The number of carbonyl (C=O) groups excluding carboxylic acids is 1. The first-order valence-electron chi connectivity index (χ1n) is 6.15. The molecule has 5 heteroatoms. The lowest BCUT2D eigenvalue weighted by Gasteiger charge is -2.23. The summed E-state index contributed by atoms with van der Waals surface area (Å²) in [6.45, 7) is 3.74. The normalized spacial score (nSPS) is 19.2. The molecule has 2 rings (SSSR count). The second-order valence-corrected chi connectivity index (χ2v) is 4.30. The SMILES string of the molecule is COc1ccc(OCC[NH+]2CCNC(=O)C2)cc1. The monoisotopic (exact) mass is 251 g/mol. The van der Waals surface area contributed by atoms with Gasteiger partial charge in [-0.1, -0.05) is 0 Å². The van der Waals surface area contributed by atoms with Crippen molar-refractivity contribution in [2.45, 2.75) is 0 Å². The molecule has 1 aliphatic rings. The molecule has 0 radical (unpaired) electrons. The maximum atomic E-state index is 11.2. The number of hydrogen-bond acceptors (Lipinski definition) is 3. The molecule has 0 aliphatic carbocycles. The van der Waals surface area contributed by atoms with E-state index in [1.165, 1.54) is 4.90 Å². The molecular weight excluding hydrogens is 232 g/mol. The molecule has 0 bridgehead atoms. The van der Waals surface area contributed by atoms with Crippen molar-refractivity contribution < 1.29 is 19.2 Å². The first kappa shape index (κ1) is 12.7. The Morgan fingerprint density at radius 1 is 1.28 bits per heavy atom. The van der Waals surface area contributed by atoms with Crippen LogP contribution in [0.4, 0.5) is 0 Å². The van der Waals surface area contributed by atoms with Gasteiger partial charge in [-0.2, -0.15) is 0 Å². The molecule has 0 saturated carbocycles. The average molecular weight is 251 g/mol. The predicted molar refractivity (Wildman–Crippen MR) is 67.1 cm³/mol. The Morgan fingerprint density at radius 3 is 2.67 bits per heavy atom. The molecule has 0 aromatic heterocycles. The van der Waals surface area contributed by atoms with Gasteiger partial charge in [0.1, 0.15) is 24.7 Å². The van der Waals surface area contributed by atoms with Crippen LogP contribution in [0.2, 0.25) is 0 Å². The van der Waals surface area contributed by atoms with E-state index in [2.05, 4.69) is 5.32 Å². The van der Waals surface area contributed by atoms with Crippen molar-refractivity contribution in [2.75, 3.05) is 39.9 Å². The summed E-state index contributed by atoms with van der Waals surface area (Å²) in [7, 11) is 1.64. The summed E-state index contributed by atoms with van der Waals surface area (Å²) < 4.78 is 10.7. The molecule has 1 heterocycles. The van der Waals surface area contributed by atoms with Crippen molar-refractivity contribution in [3.63, 3.8) is 0 Å². The summed E-state index contributed by atoms with van der Waals surface area (Å²) in [6, 6.07) is 7.52. The van der Waals surface area contributed by atoms with Gasteiger partial charge in [0.25, 0.3) is 5.91 Å². The van der Waals surface area contributed by atoms with Gasteiger partial charge in [0.15, 0.2) is 6.54 Å². The molecule has 2 N–H and O–H groups in total. The second-order valence-electron chi connectivity index (χ2n) is 4.30. The minimum atomic E-state index is 0.126. The molecule has 18 heavy (non-hydrogen) atoms. The average Bonchev–Trinajstić information content (AvgIpc) is 2.40. The molecule has 0 spiro atoms. The Labute approximate surface area is 107 Å². The fourth-order valence-electron chi connectivity index (χ4n) is 1.96. The van der Waals surface area contributed by atoms with Gasteiger partial charge in [0.05, 0.1) is 20.2 Å². The molecule has 1 fully saturated rings. The molecule has 1 amide bonds. The van der Waals surface area contributed by atoms with E-state index in [-0.39, 0.29) is 5.91 Å².